The lowest BCUT2D eigenvalue weighted by Crippen LogP contribution is -2.68. The monoisotopic (exact) mass is 654 g/mol. The van der Waals surface area contributed by atoms with Gasteiger partial charge in [-0.1, -0.05) is 56.0 Å². The highest BCUT2D eigenvalue weighted by atomic mass is 32.2. The number of likely N-dealkylation sites (N-methyl/N-ethyl adjacent to an activating group) is 1. The van der Waals surface area contributed by atoms with Crippen LogP contribution >= 0.6 is 11.8 Å². The minimum Gasteiger partial charge on any atom is -0.339 e. The van der Waals surface area contributed by atoms with Gasteiger partial charge in [-0.15, -0.1) is 0 Å². The van der Waals surface area contributed by atoms with Gasteiger partial charge < -0.3 is 14.4 Å². The number of allylic oxidation sites excluding steroid dienone is 1. The van der Waals surface area contributed by atoms with Crippen LogP contribution in [0.1, 0.15) is 61.1 Å². The molecule has 0 unspecified atom stereocenters. The summed E-state index contributed by atoms with van der Waals surface area (Å²) in [7, 11) is 0. The average Bonchev–Trinajstić information content (AvgIpc) is 3.49. The highest BCUT2D eigenvalue weighted by Crippen LogP contribution is 2.73. The van der Waals surface area contributed by atoms with Gasteiger partial charge in [0.05, 0.1) is 11.3 Å². The summed E-state index contributed by atoms with van der Waals surface area (Å²) >= 11 is 1.35. The minimum absolute atomic E-state index is 0.0318. The number of aromatic nitrogens is 2. The van der Waals surface area contributed by atoms with Gasteiger partial charge in [0.15, 0.2) is 5.16 Å². The first-order chi connectivity index (χ1) is 21.9. The van der Waals surface area contributed by atoms with Crippen molar-refractivity contribution in [1.29, 1.82) is 0 Å². The van der Waals surface area contributed by atoms with Crippen molar-refractivity contribution in [1.82, 2.24) is 19.4 Å². The van der Waals surface area contributed by atoms with E-state index in [2.05, 4.69) is 23.7 Å². The third kappa shape index (κ3) is 6.40. The van der Waals surface area contributed by atoms with E-state index >= 15 is 0 Å². The maximum atomic E-state index is 14.2. The number of alkyl halides is 3. The van der Waals surface area contributed by atoms with E-state index in [1.54, 1.807) is 24.3 Å². The van der Waals surface area contributed by atoms with Crippen molar-refractivity contribution in [2.24, 2.45) is 5.41 Å². The Balaban J connectivity index is 1.20. The molecule has 3 fully saturated rings. The number of carbonyl (C=O) groups excluding carboxylic acids is 1. The van der Waals surface area contributed by atoms with Crippen molar-refractivity contribution in [3.8, 4) is 0 Å². The maximum Gasteiger partial charge on any atom is 0.416 e. The molecule has 0 spiro atoms. The van der Waals surface area contributed by atoms with Gasteiger partial charge in [0.1, 0.15) is 12.4 Å². The quantitative estimate of drug-likeness (QED) is 0.119. The first-order valence-electron chi connectivity index (χ1n) is 15.8. The van der Waals surface area contributed by atoms with Crippen molar-refractivity contribution < 1.29 is 22.4 Å². The molecule has 7 rings (SSSR count). The van der Waals surface area contributed by atoms with Crippen LogP contribution in [0.2, 0.25) is 0 Å². The second-order valence-electron chi connectivity index (χ2n) is 12.9. The van der Waals surface area contributed by atoms with Crippen molar-refractivity contribution in [3.05, 3.63) is 98.7 Å². The number of hydrogen-bond donors (Lipinski definition) is 0. The van der Waals surface area contributed by atoms with Crippen LogP contribution in [0, 0.1) is 11.2 Å². The second-order valence-corrected chi connectivity index (χ2v) is 13.8. The summed E-state index contributed by atoms with van der Waals surface area (Å²) < 4.78 is 54.6. The summed E-state index contributed by atoms with van der Waals surface area (Å²) in [5, 5.41) is 0.448. The number of halogens is 4. The Hall–Kier alpha value is -3.44. The Morgan fingerprint density at radius 2 is 1.67 bits per heavy atom. The van der Waals surface area contributed by atoms with Gasteiger partial charge >= 0.3 is 6.18 Å². The van der Waals surface area contributed by atoms with Gasteiger partial charge in [0.2, 0.25) is 5.91 Å². The van der Waals surface area contributed by atoms with Crippen molar-refractivity contribution >= 4 is 23.7 Å². The molecule has 244 valence electrons. The molecule has 0 N–H and O–H groups in total. The van der Waals surface area contributed by atoms with Gasteiger partial charge in [0.25, 0.3) is 5.56 Å². The molecule has 3 saturated carbocycles. The number of amides is 1. The molecule has 0 atom stereocenters. The van der Waals surface area contributed by atoms with E-state index in [1.807, 2.05) is 21.6 Å². The molecular formula is C35H38F4N4O2S. The summed E-state index contributed by atoms with van der Waals surface area (Å²) in [6.45, 7) is 7.82. The van der Waals surface area contributed by atoms with Gasteiger partial charge in [0, 0.05) is 31.0 Å². The van der Waals surface area contributed by atoms with Crippen LogP contribution < -0.4 is 5.56 Å². The fourth-order valence-corrected chi connectivity index (χ4v) is 8.43. The molecule has 4 aliphatic rings. The zero-order chi connectivity index (χ0) is 32.7. The Bertz CT molecular complexity index is 1660. The predicted octanol–water partition coefficient (Wildman–Crippen LogP) is 6.56. The summed E-state index contributed by atoms with van der Waals surface area (Å²) in [6, 6.07) is 11.7. The van der Waals surface area contributed by atoms with Crippen LogP contribution in [0.3, 0.4) is 0 Å². The number of fused-ring (bicyclic) bond motifs is 1. The molecule has 1 heterocycles. The van der Waals surface area contributed by atoms with Crippen LogP contribution in [0.4, 0.5) is 17.6 Å². The van der Waals surface area contributed by atoms with Crippen LogP contribution in [-0.4, -0.2) is 58.0 Å². The highest BCUT2D eigenvalue weighted by Gasteiger charge is 2.68. The van der Waals surface area contributed by atoms with Crippen LogP contribution in [0.25, 0.3) is 6.08 Å². The van der Waals surface area contributed by atoms with E-state index < -0.39 is 11.7 Å². The molecule has 2 aromatic carbocycles. The number of carbonyl (C=O) groups is 1. The lowest BCUT2D eigenvalue weighted by molar-refractivity contribution is -0.166. The number of benzene rings is 2. The van der Waals surface area contributed by atoms with E-state index in [0.29, 0.717) is 41.7 Å². The summed E-state index contributed by atoms with van der Waals surface area (Å²) in [6.07, 6.45) is 2.43. The molecule has 6 nitrogen and oxygen atoms in total. The zero-order valence-corrected chi connectivity index (χ0v) is 26.9. The molecule has 3 aromatic rings. The normalized spacial score (nSPS) is 21.2. The number of rotatable bonds is 13. The molecule has 46 heavy (non-hydrogen) atoms. The SMILES string of the molecule is CCN(CC)CCN(CC12CC(c3ccc(C(F)(F)F)cc3)(C1)C2)C(=O)Cn1c(SCc2ccc(F)cc2)nc(=O)c2c1C=CC2. The smallest absolute Gasteiger partial charge is 0.339 e. The summed E-state index contributed by atoms with van der Waals surface area (Å²) in [4.78, 5) is 35.6. The largest absolute Gasteiger partial charge is 0.416 e. The first-order valence-corrected chi connectivity index (χ1v) is 16.8. The van der Waals surface area contributed by atoms with Gasteiger partial charge in [-0.2, -0.15) is 18.2 Å². The van der Waals surface area contributed by atoms with Gasteiger partial charge in [-0.25, -0.2) is 4.39 Å². The molecular weight excluding hydrogens is 616 g/mol. The Kier molecular flexibility index (Phi) is 8.93. The van der Waals surface area contributed by atoms with Crippen molar-refractivity contribution in [2.45, 2.75) is 68.6 Å². The molecule has 4 aliphatic carbocycles. The lowest BCUT2D eigenvalue weighted by Gasteiger charge is -2.72. The van der Waals surface area contributed by atoms with E-state index in [0.717, 1.165) is 50.0 Å². The van der Waals surface area contributed by atoms with E-state index in [4.69, 9.17) is 0 Å². The standard InChI is InChI=1S/C35H38F4N4O2S/c1-3-41(4-2)16-17-42(23-33-20-34(21-33,22-33)25-10-12-26(13-11-25)35(37,38)39)30(44)18-43-29-7-5-6-28(29)31(45)40-32(43)46-19-24-8-14-27(36)15-9-24/h5,7-15H,3-4,6,16-23H2,1-2H3. The highest BCUT2D eigenvalue weighted by molar-refractivity contribution is 7.98. The molecule has 1 aromatic heterocycles. The third-order valence-corrected chi connectivity index (χ3v) is 10.9. The summed E-state index contributed by atoms with van der Waals surface area (Å²) in [5.74, 6) is 0.0809. The molecule has 1 amide bonds. The molecule has 2 bridgehead atoms. The topological polar surface area (TPSA) is 58.4 Å². The Labute approximate surface area is 270 Å². The van der Waals surface area contributed by atoms with E-state index in [1.165, 1.54) is 36.0 Å². The zero-order valence-electron chi connectivity index (χ0n) is 26.1. The Morgan fingerprint density at radius 1 is 1.00 bits per heavy atom. The summed E-state index contributed by atoms with van der Waals surface area (Å²) in [5.41, 5.74) is 1.98. The van der Waals surface area contributed by atoms with Crippen LogP contribution in [0.5, 0.6) is 0 Å². The number of thioether (sulfide) groups is 1. The van der Waals surface area contributed by atoms with E-state index in [-0.39, 0.29) is 34.7 Å². The first kappa shape index (κ1) is 32.5. The molecule has 11 heteroatoms. The number of hydrogen-bond acceptors (Lipinski definition) is 5. The Morgan fingerprint density at radius 3 is 2.30 bits per heavy atom. The third-order valence-electron chi connectivity index (χ3n) is 9.88. The van der Waals surface area contributed by atoms with Crippen LogP contribution in [-0.2, 0) is 35.1 Å². The maximum absolute atomic E-state index is 14.2. The lowest BCUT2D eigenvalue weighted by atomic mass is 9.33. The predicted molar refractivity (Wildman–Crippen MR) is 171 cm³/mol. The second kappa shape index (κ2) is 12.6. The molecule has 0 aliphatic heterocycles. The van der Waals surface area contributed by atoms with Crippen molar-refractivity contribution in [2.75, 3.05) is 32.7 Å². The average molecular weight is 655 g/mol. The van der Waals surface area contributed by atoms with Gasteiger partial charge in [-0.3, -0.25) is 9.59 Å². The number of nitrogens with zero attached hydrogens (tertiary/aromatic N) is 4. The van der Waals surface area contributed by atoms with Crippen LogP contribution in [0.15, 0.2) is 64.6 Å². The minimum atomic E-state index is -4.36. The molecule has 0 radical (unpaired) electrons. The van der Waals surface area contributed by atoms with Gasteiger partial charge in [-0.05, 0) is 91.1 Å². The van der Waals surface area contributed by atoms with Crippen molar-refractivity contribution in [3.63, 3.8) is 0 Å². The fourth-order valence-electron chi connectivity index (χ4n) is 7.47. The fraction of sp³-hybridized carbons (Fsp3) is 0.457. The molecule has 0 saturated heterocycles. The van der Waals surface area contributed by atoms with E-state index in [9.17, 15) is 27.2 Å².